The standard InChI is InChI=1S/C23H17NO5/c25-20(24-22(26)15-8-2-1-3-9-15)14-28-23(27)21-16-10-4-6-12-18(16)29-19-13-7-5-11-17(19)21/h1-13,21H,14H2,(H,24,25,26). The van der Waals surface area contributed by atoms with E-state index >= 15 is 0 Å². The van der Waals surface area contributed by atoms with E-state index in [1.807, 2.05) is 24.3 Å². The van der Waals surface area contributed by atoms with E-state index in [2.05, 4.69) is 5.32 Å². The quantitative estimate of drug-likeness (QED) is 0.694. The molecule has 0 saturated carbocycles. The molecule has 1 aliphatic heterocycles. The highest BCUT2D eigenvalue weighted by Gasteiger charge is 2.33. The average Bonchev–Trinajstić information content (AvgIpc) is 2.76. The number of carbonyl (C=O) groups excluding carboxylic acids is 3. The van der Waals surface area contributed by atoms with E-state index < -0.39 is 30.3 Å². The Morgan fingerprint density at radius 3 is 1.97 bits per heavy atom. The smallest absolute Gasteiger partial charge is 0.318 e. The molecule has 3 aromatic rings. The third kappa shape index (κ3) is 3.87. The van der Waals surface area contributed by atoms with E-state index in [1.54, 1.807) is 54.6 Å². The van der Waals surface area contributed by atoms with Crippen LogP contribution in [-0.2, 0) is 14.3 Å². The van der Waals surface area contributed by atoms with Crippen LogP contribution in [0.2, 0.25) is 0 Å². The number of esters is 1. The second-order valence-electron chi connectivity index (χ2n) is 6.46. The zero-order valence-electron chi connectivity index (χ0n) is 15.3. The maximum Gasteiger partial charge on any atom is 0.318 e. The van der Waals surface area contributed by atoms with Crippen molar-refractivity contribution in [3.05, 3.63) is 95.6 Å². The molecule has 6 nitrogen and oxygen atoms in total. The lowest BCUT2D eigenvalue weighted by molar-refractivity contribution is -0.149. The summed E-state index contributed by atoms with van der Waals surface area (Å²) in [5.74, 6) is -1.41. The molecule has 144 valence electrons. The van der Waals surface area contributed by atoms with Crippen molar-refractivity contribution in [2.45, 2.75) is 5.92 Å². The van der Waals surface area contributed by atoms with Gasteiger partial charge in [-0.05, 0) is 24.3 Å². The number of rotatable bonds is 4. The monoisotopic (exact) mass is 387 g/mol. The molecule has 0 atom stereocenters. The van der Waals surface area contributed by atoms with Crippen molar-refractivity contribution in [1.82, 2.24) is 5.32 Å². The van der Waals surface area contributed by atoms with E-state index in [9.17, 15) is 14.4 Å². The number of ether oxygens (including phenoxy) is 2. The van der Waals surface area contributed by atoms with Gasteiger partial charge < -0.3 is 9.47 Å². The summed E-state index contributed by atoms with van der Waals surface area (Å²) in [6.07, 6.45) is 0. The van der Waals surface area contributed by atoms with E-state index in [0.29, 0.717) is 28.2 Å². The van der Waals surface area contributed by atoms with Gasteiger partial charge in [-0.3, -0.25) is 19.7 Å². The number of fused-ring (bicyclic) bond motifs is 2. The second-order valence-corrected chi connectivity index (χ2v) is 6.46. The normalized spacial score (nSPS) is 12.1. The molecule has 0 aliphatic carbocycles. The van der Waals surface area contributed by atoms with Crippen LogP contribution in [0.3, 0.4) is 0 Å². The zero-order valence-corrected chi connectivity index (χ0v) is 15.3. The molecule has 0 aromatic heterocycles. The van der Waals surface area contributed by atoms with Crippen LogP contribution in [0.4, 0.5) is 0 Å². The first-order valence-electron chi connectivity index (χ1n) is 9.05. The minimum atomic E-state index is -0.714. The number of hydrogen-bond acceptors (Lipinski definition) is 5. The first-order valence-corrected chi connectivity index (χ1v) is 9.05. The van der Waals surface area contributed by atoms with E-state index in [0.717, 1.165) is 0 Å². The predicted octanol–water partition coefficient (Wildman–Crippen LogP) is 3.42. The number of hydrogen-bond donors (Lipinski definition) is 1. The molecule has 1 N–H and O–H groups in total. The average molecular weight is 387 g/mol. The summed E-state index contributed by atoms with van der Waals surface area (Å²) in [6.45, 7) is -0.556. The van der Waals surface area contributed by atoms with Crippen LogP contribution in [0.15, 0.2) is 78.9 Å². The Balaban J connectivity index is 1.46. The van der Waals surface area contributed by atoms with Gasteiger partial charge in [0, 0.05) is 16.7 Å². The van der Waals surface area contributed by atoms with Gasteiger partial charge in [0.05, 0.1) is 0 Å². The van der Waals surface area contributed by atoms with Crippen LogP contribution in [0.25, 0.3) is 0 Å². The highest BCUT2D eigenvalue weighted by molar-refractivity contribution is 6.05. The minimum absolute atomic E-state index is 0.347. The molecule has 1 heterocycles. The summed E-state index contributed by atoms with van der Waals surface area (Å²) >= 11 is 0. The molecule has 1 aliphatic rings. The van der Waals surface area contributed by atoms with Gasteiger partial charge in [-0.15, -0.1) is 0 Å². The highest BCUT2D eigenvalue weighted by atomic mass is 16.5. The number of imide groups is 1. The van der Waals surface area contributed by atoms with Crippen molar-refractivity contribution in [3.8, 4) is 11.5 Å². The third-order valence-electron chi connectivity index (χ3n) is 4.55. The van der Waals surface area contributed by atoms with Crippen molar-refractivity contribution >= 4 is 17.8 Å². The summed E-state index contributed by atoms with van der Waals surface area (Å²) in [7, 11) is 0. The first kappa shape index (κ1) is 18.4. The van der Waals surface area contributed by atoms with Gasteiger partial charge >= 0.3 is 5.97 Å². The van der Waals surface area contributed by atoms with Crippen LogP contribution < -0.4 is 10.1 Å². The lowest BCUT2D eigenvalue weighted by Gasteiger charge is -2.26. The Morgan fingerprint density at radius 1 is 0.793 bits per heavy atom. The molecule has 2 amide bonds. The lowest BCUT2D eigenvalue weighted by Crippen LogP contribution is -2.35. The molecule has 0 radical (unpaired) electrons. The number of para-hydroxylation sites is 2. The van der Waals surface area contributed by atoms with Crippen molar-refractivity contribution in [2.75, 3.05) is 6.61 Å². The summed E-state index contributed by atoms with van der Waals surface area (Å²) < 4.78 is 11.1. The zero-order chi connectivity index (χ0) is 20.2. The summed E-state index contributed by atoms with van der Waals surface area (Å²) in [6, 6.07) is 22.7. The van der Waals surface area contributed by atoms with Crippen molar-refractivity contribution in [2.24, 2.45) is 0 Å². The van der Waals surface area contributed by atoms with Crippen molar-refractivity contribution in [3.63, 3.8) is 0 Å². The van der Waals surface area contributed by atoms with Gasteiger partial charge in [0.2, 0.25) is 0 Å². The minimum Gasteiger partial charge on any atom is -0.457 e. The third-order valence-corrected chi connectivity index (χ3v) is 4.55. The number of benzene rings is 3. The number of nitrogens with one attached hydrogen (secondary N) is 1. The van der Waals surface area contributed by atoms with Gasteiger partial charge in [-0.1, -0.05) is 54.6 Å². The molecule has 4 rings (SSSR count). The molecular weight excluding hydrogens is 370 g/mol. The van der Waals surface area contributed by atoms with E-state index in [1.165, 1.54) is 0 Å². The van der Waals surface area contributed by atoms with Gasteiger partial charge in [0.15, 0.2) is 6.61 Å². The molecule has 0 fully saturated rings. The molecule has 3 aromatic carbocycles. The Hall–Kier alpha value is -3.93. The molecule has 6 heteroatoms. The fourth-order valence-electron chi connectivity index (χ4n) is 3.21. The van der Waals surface area contributed by atoms with Crippen molar-refractivity contribution in [1.29, 1.82) is 0 Å². The lowest BCUT2D eigenvalue weighted by atomic mass is 9.88. The van der Waals surface area contributed by atoms with E-state index in [-0.39, 0.29) is 0 Å². The molecule has 0 spiro atoms. The van der Waals surface area contributed by atoms with E-state index in [4.69, 9.17) is 9.47 Å². The van der Waals surface area contributed by atoms with Crippen LogP contribution in [0.1, 0.15) is 27.4 Å². The van der Waals surface area contributed by atoms with Crippen LogP contribution in [0.5, 0.6) is 11.5 Å². The topological polar surface area (TPSA) is 81.7 Å². The molecule has 0 bridgehead atoms. The maximum absolute atomic E-state index is 12.8. The summed E-state index contributed by atoms with van der Waals surface area (Å²) in [4.78, 5) is 37.0. The fraction of sp³-hybridized carbons (Fsp3) is 0.0870. The highest BCUT2D eigenvalue weighted by Crippen LogP contribution is 2.44. The Kier molecular flexibility index (Phi) is 5.07. The summed E-state index contributed by atoms with van der Waals surface area (Å²) in [5, 5.41) is 2.21. The Labute approximate surface area is 167 Å². The number of amides is 2. The molecule has 0 saturated heterocycles. The Morgan fingerprint density at radius 2 is 1.34 bits per heavy atom. The number of carbonyl (C=O) groups is 3. The summed E-state index contributed by atoms with van der Waals surface area (Å²) in [5.41, 5.74) is 1.67. The largest absolute Gasteiger partial charge is 0.457 e. The van der Waals surface area contributed by atoms with Crippen LogP contribution in [-0.4, -0.2) is 24.4 Å². The van der Waals surface area contributed by atoms with Crippen LogP contribution in [0, 0.1) is 0 Å². The molecular formula is C23H17NO5. The fourth-order valence-corrected chi connectivity index (χ4v) is 3.21. The van der Waals surface area contributed by atoms with Gasteiger partial charge in [-0.2, -0.15) is 0 Å². The second kappa shape index (κ2) is 7.98. The molecule has 29 heavy (non-hydrogen) atoms. The molecule has 0 unspecified atom stereocenters. The maximum atomic E-state index is 12.8. The van der Waals surface area contributed by atoms with Gasteiger partial charge in [-0.25, -0.2) is 0 Å². The van der Waals surface area contributed by atoms with Crippen LogP contribution >= 0.6 is 0 Å². The van der Waals surface area contributed by atoms with Gasteiger partial charge in [0.25, 0.3) is 11.8 Å². The Bertz CT molecular complexity index is 1030. The SMILES string of the molecule is O=C(COC(=O)C1c2ccccc2Oc2ccccc21)NC(=O)c1ccccc1. The predicted molar refractivity (Wildman–Crippen MR) is 105 cm³/mol. The first-order chi connectivity index (χ1) is 14.1. The van der Waals surface area contributed by atoms with Gasteiger partial charge in [0.1, 0.15) is 17.4 Å². The van der Waals surface area contributed by atoms with Crippen molar-refractivity contribution < 1.29 is 23.9 Å².